The third kappa shape index (κ3) is 2.56. The van der Waals surface area contributed by atoms with Crippen LogP contribution in [0.2, 0.25) is 0 Å². The predicted molar refractivity (Wildman–Crippen MR) is 77.1 cm³/mol. The van der Waals surface area contributed by atoms with E-state index < -0.39 is 0 Å². The molecule has 0 unspecified atom stereocenters. The van der Waals surface area contributed by atoms with Crippen molar-refractivity contribution in [2.45, 2.75) is 0 Å². The van der Waals surface area contributed by atoms with Crippen LogP contribution in [-0.4, -0.2) is 43.3 Å². The summed E-state index contributed by atoms with van der Waals surface area (Å²) >= 11 is 0. The van der Waals surface area contributed by atoms with Crippen molar-refractivity contribution in [3.63, 3.8) is 0 Å². The Hall–Kier alpha value is -2.57. The van der Waals surface area contributed by atoms with Crippen LogP contribution in [0.3, 0.4) is 0 Å². The predicted octanol–water partition coefficient (Wildman–Crippen LogP) is 1.20. The molecule has 1 aromatic carbocycles. The monoisotopic (exact) mass is 275 g/mol. The molecule has 2 N–H and O–H groups in total. The molecule has 2 rings (SSSR count). The number of methoxy groups -OCH3 is 2. The van der Waals surface area contributed by atoms with Crippen LogP contribution in [0.4, 0.5) is 11.9 Å². The number of para-hydroxylation sites is 1. The van der Waals surface area contributed by atoms with Gasteiger partial charge in [-0.15, -0.1) is 0 Å². The number of aromatic nitrogens is 3. The molecule has 0 amide bonds. The fourth-order valence-electron chi connectivity index (χ4n) is 1.76. The van der Waals surface area contributed by atoms with E-state index in [1.165, 1.54) is 0 Å². The molecule has 0 fully saturated rings. The second-order valence-corrected chi connectivity index (χ2v) is 4.25. The van der Waals surface area contributed by atoms with Gasteiger partial charge in [0.1, 0.15) is 0 Å². The number of nitrogen functional groups attached to an aromatic ring is 1. The summed E-state index contributed by atoms with van der Waals surface area (Å²) < 4.78 is 10.7. The molecular formula is C13H17N5O2. The maximum atomic E-state index is 5.74. The molecule has 20 heavy (non-hydrogen) atoms. The van der Waals surface area contributed by atoms with Crippen LogP contribution >= 0.6 is 0 Å². The number of benzene rings is 1. The van der Waals surface area contributed by atoms with Crippen molar-refractivity contribution < 1.29 is 9.47 Å². The Bertz CT molecular complexity index is 616. The topological polar surface area (TPSA) is 86.4 Å². The van der Waals surface area contributed by atoms with Gasteiger partial charge in [0.2, 0.25) is 11.9 Å². The Morgan fingerprint density at radius 2 is 1.80 bits per heavy atom. The number of hydrogen-bond acceptors (Lipinski definition) is 7. The summed E-state index contributed by atoms with van der Waals surface area (Å²) in [5, 5.41) is 0. The number of nitrogens with zero attached hydrogens (tertiary/aromatic N) is 4. The largest absolute Gasteiger partial charge is 0.493 e. The van der Waals surface area contributed by atoms with Gasteiger partial charge in [0, 0.05) is 14.1 Å². The van der Waals surface area contributed by atoms with E-state index in [1.54, 1.807) is 25.2 Å². The Balaban J connectivity index is 2.62. The fourth-order valence-corrected chi connectivity index (χ4v) is 1.76. The van der Waals surface area contributed by atoms with Crippen LogP contribution in [0, 0.1) is 0 Å². The normalized spacial score (nSPS) is 10.2. The highest BCUT2D eigenvalue weighted by atomic mass is 16.5. The van der Waals surface area contributed by atoms with Crippen molar-refractivity contribution >= 4 is 11.9 Å². The summed E-state index contributed by atoms with van der Waals surface area (Å²) in [6.07, 6.45) is 0. The van der Waals surface area contributed by atoms with Crippen LogP contribution < -0.4 is 20.1 Å². The van der Waals surface area contributed by atoms with Gasteiger partial charge in [-0.3, -0.25) is 0 Å². The highest BCUT2D eigenvalue weighted by molar-refractivity contribution is 5.69. The standard InChI is InChI=1S/C13H17N5O2/c1-18(2)13-16-11(15-12(14)17-13)8-6-5-7-9(19-3)10(8)20-4/h5-7H,1-4H3,(H2,14,15,16,17). The SMILES string of the molecule is COc1cccc(-c2nc(N)nc(N(C)C)n2)c1OC. The van der Waals surface area contributed by atoms with E-state index in [1.807, 2.05) is 26.2 Å². The zero-order valence-electron chi connectivity index (χ0n) is 11.9. The highest BCUT2D eigenvalue weighted by Gasteiger charge is 2.16. The smallest absolute Gasteiger partial charge is 0.230 e. The molecule has 0 aliphatic heterocycles. The van der Waals surface area contributed by atoms with Crippen LogP contribution in [0.5, 0.6) is 11.5 Å². The van der Waals surface area contributed by atoms with Crippen LogP contribution in [0.1, 0.15) is 0 Å². The van der Waals surface area contributed by atoms with Gasteiger partial charge in [0.25, 0.3) is 0 Å². The van der Waals surface area contributed by atoms with Crippen molar-refractivity contribution in [2.24, 2.45) is 0 Å². The number of hydrogen-bond donors (Lipinski definition) is 1. The Kier molecular flexibility index (Phi) is 3.88. The van der Waals surface area contributed by atoms with Gasteiger partial charge >= 0.3 is 0 Å². The summed E-state index contributed by atoms with van der Waals surface area (Å²) in [6.45, 7) is 0. The van der Waals surface area contributed by atoms with Crippen LogP contribution in [0.25, 0.3) is 11.4 Å². The van der Waals surface area contributed by atoms with Crippen molar-refractivity contribution in [1.29, 1.82) is 0 Å². The van der Waals surface area contributed by atoms with Gasteiger partial charge in [0.05, 0.1) is 19.8 Å². The first kappa shape index (κ1) is 13.9. The Morgan fingerprint density at radius 3 is 2.40 bits per heavy atom. The minimum absolute atomic E-state index is 0.156. The van der Waals surface area contributed by atoms with E-state index in [0.29, 0.717) is 28.8 Å². The second-order valence-electron chi connectivity index (χ2n) is 4.25. The third-order valence-electron chi connectivity index (χ3n) is 2.68. The molecule has 7 nitrogen and oxygen atoms in total. The molecule has 0 saturated carbocycles. The van der Waals surface area contributed by atoms with Crippen LogP contribution in [-0.2, 0) is 0 Å². The number of anilines is 2. The zero-order valence-corrected chi connectivity index (χ0v) is 11.9. The lowest BCUT2D eigenvalue weighted by atomic mass is 10.1. The molecule has 0 atom stereocenters. The average molecular weight is 275 g/mol. The second kappa shape index (κ2) is 5.60. The molecule has 0 bridgehead atoms. The molecule has 0 spiro atoms. The fraction of sp³-hybridized carbons (Fsp3) is 0.308. The summed E-state index contributed by atoms with van der Waals surface area (Å²) in [7, 11) is 6.82. The van der Waals surface area contributed by atoms with Gasteiger partial charge in [0.15, 0.2) is 17.3 Å². The molecule has 0 aliphatic rings. The molecular weight excluding hydrogens is 258 g/mol. The molecule has 0 radical (unpaired) electrons. The first-order valence-corrected chi connectivity index (χ1v) is 5.97. The van der Waals surface area contributed by atoms with Crippen molar-refractivity contribution in [2.75, 3.05) is 38.9 Å². The summed E-state index contributed by atoms with van der Waals surface area (Å²) in [6, 6.07) is 5.49. The van der Waals surface area contributed by atoms with E-state index in [9.17, 15) is 0 Å². The highest BCUT2D eigenvalue weighted by Crippen LogP contribution is 2.36. The minimum Gasteiger partial charge on any atom is -0.493 e. The van der Waals surface area contributed by atoms with E-state index in [4.69, 9.17) is 15.2 Å². The first-order chi connectivity index (χ1) is 9.56. The van der Waals surface area contributed by atoms with Crippen molar-refractivity contribution in [3.8, 4) is 22.9 Å². The maximum absolute atomic E-state index is 5.74. The molecule has 106 valence electrons. The zero-order chi connectivity index (χ0) is 14.7. The van der Waals surface area contributed by atoms with E-state index >= 15 is 0 Å². The summed E-state index contributed by atoms with van der Waals surface area (Å²) in [4.78, 5) is 14.4. The third-order valence-corrected chi connectivity index (χ3v) is 2.68. The number of nitrogens with two attached hydrogens (primary N) is 1. The quantitative estimate of drug-likeness (QED) is 0.897. The van der Waals surface area contributed by atoms with Crippen LogP contribution in [0.15, 0.2) is 18.2 Å². The Labute approximate surface area is 117 Å². The van der Waals surface area contributed by atoms with Crippen molar-refractivity contribution in [1.82, 2.24) is 15.0 Å². The molecule has 7 heteroatoms. The Morgan fingerprint density at radius 1 is 1.05 bits per heavy atom. The molecule has 0 saturated heterocycles. The molecule has 1 aromatic heterocycles. The van der Waals surface area contributed by atoms with Gasteiger partial charge < -0.3 is 20.1 Å². The minimum atomic E-state index is 0.156. The lowest BCUT2D eigenvalue weighted by molar-refractivity contribution is 0.356. The van der Waals surface area contributed by atoms with E-state index in [2.05, 4.69) is 15.0 Å². The maximum Gasteiger partial charge on any atom is 0.230 e. The molecule has 2 aromatic rings. The lowest BCUT2D eigenvalue weighted by Gasteiger charge is -2.14. The van der Waals surface area contributed by atoms with Gasteiger partial charge in [-0.1, -0.05) is 6.07 Å². The van der Waals surface area contributed by atoms with Gasteiger partial charge in [-0.25, -0.2) is 0 Å². The summed E-state index contributed by atoms with van der Waals surface area (Å²) in [5.74, 6) is 2.25. The number of ether oxygens (including phenoxy) is 2. The van der Waals surface area contributed by atoms with Gasteiger partial charge in [-0.2, -0.15) is 15.0 Å². The van der Waals surface area contributed by atoms with E-state index in [0.717, 1.165) is 0 Å². The lowest BCUT2D eigenvalue weighted by Crippen LogP contribution is -2.15. The van der Waals surface area contributed by atoms with E-state index in [-0.39, 0.29) is 5.95 Å². The van der Waals surface area contributed by atoms with Gasteiger partial charge in [-0.05, 0) is 12.1 Å². The molecule has 0 aliphatic carbocycles. The first-order valence-electron chi connectivity index (χ1n) is 5.97. The average Bonchev–Trinajstić information content (AvgIpc) is 2.45. The number of rotatable bonds is 4. The molecule has 1 heterocycles. The van der Waals surface area contributed by atoms with Crippen molar-refractivity contribution in [3.05, 3.63) is 18.2 Å². The summed E-state index contributed by atoms with van der Waals surface area (Å²) in [5.41, 5.74) is 6.43.